The van der Waals surface area contributed by atoms with E-state index in [1.807, 2.05) is 0 Å². The van der Waals surface area contributed by atoms with Gasteiger partial charge in [-0.1, -0.05) is 6.07 Å². The highest BCUT2D eigenvalue weighted by molar-refractivity contribution is 7.88. The molecular formula is C9H9F3N2O5S. The van der Waals surface area contributed by atoms with Crippen LogP contribution in [0.3, 0.4) is 0 Å². The maximum Gasteiger partial charge on any atom is 0.534 e. The number of amides is 2. The number of benzene rings is 1. The van der Waals surface area contributed by atoms with E-state index in [-0.39, 0.29) is 10.8 Å². The Morgan fingerprint density at radius 2 is 2.00 bits per heavy atom. The lowest BCUT2D eigenvalue weighted by atomic mass is 10.3. The van der Waals surface area contributed by atoms with E-state index < -0.39 is 27.4 Å². The number of nitrogens with one attached hydrogen (secondary N) is 1. The van der Waals surface area contributed by atoms with Crippen molar-refractivity contribution >= 4 is 21.8 Å². The van der Waals surface area contributed by atoms with Crippen molar-refractivity contribution in [3.63, 3.8) is 0 Å². The maximum atomic E-state index is 12.1. The molecule has 0 bridgehead atoms. The summed E-state index contributed by atoms with van der Waals surface area (Å²) < 4.78 is 61.8. The number of alkyl halides is 3. The van der Waals surface area contributed by atoms with Crippen molar-refractivity contribution in [2.75, 3.05) is 12.4 Å². The molecule has 112 valence electrons. The van der Waals surface area contributed by atoms with Gasteiger partial charge in [-0.05, 0) is 12.1 Å². The third-order valence-corrected chi connectivity index (χ3v) is 2.85. The first-order valence-corrected chi connectivity index (χ1v) is 6.28. The summed E-state index contributed by atoms with van der Waals surface area (Å²) >= 11 is 0. The molecule has 1 aromatic carbocycles. The molecule has 1 rings (SSSR count). The minimum atomic E-state index is -5.78. The normalized spacial score (nSPS) is 11.8. The van der Waals surface area contributed by atoms with Gasteiger partial charge in [-0.3, -0.25) is 5.21 Å². The van der Waals surface area contributed by atoms with Crippen molar-refractivity contribution in [1.29, 1.82) is 0 Å². The van der Waals surface area contributed by atoms with Gasteiger partial charge < -0.3 is 9.50 Å². The van der Waals surface area contributed by atoms with Gasteiger partial charge in [-0.15, -0.1) is 0 Å². The maximum absolute atomic E-state index is 12.1. The van der Waals surface area contributed by atoms with Crippen LogP contribution in [-0.4, -0.2) is 37.3 Å². The standard InChI is InChI=1S/C9H9F3N2O5S/c1-14(16)8(15)13-6-3-2-4-7(5-6)19-20(17,18)9(10,11)12/h2-5,16H,1H3,(H,13,15). The number of urea groups is 1. The Bertz CT molecular complexity index is 600. The Balaban J connectivity index is 2.93. The third-order valence-electron chi connectivity index (χ3n) is 1.87. The van der Waals surface area contributed by atoms with Crippen LogP contribution in [0.5, 0.6) is 5.75 Å². The lowest BCUT2D eigenvalue weighted by Gasteiger charge is -2.12. The first-order chi connectivity index (χ1) is 9.03. The molecule has 7 nitrogen and oxygen atoms in total. The second-order valence-electron chi connectivity index (χ2n) is 3.46. The monoisotopic (exact) mass is 314 g/mol. The summed E-state index contributed by atoms with van der Waals surface area (Å²) in [6.07, 6.45) is 0. The molecule has 0 saturated carbocycles. The Kier molecular flexibility index (Phi) is 4.45. The van der Waals surface area contributed by atoms with E-state index in [4.69, 9.17) is 5.21 Å². The van der Waals surface area contributed by atoms with Crippen molar-refractivity contribution in [2.45, 2.75) is 5.51 Å². The quantitative estimate of drug-likeness (QED) is 0.384. The molecule has 0 atom stereocenters. The van der Waals surface area contributed by atoms with Crippen LogP contribution in [0.15, 0.2) is 24.3 Å². The number of carbonyl (C=O) groups is 1. The molecule has 0 spiro atoms. The van der Waals surface area contributed by atoms with Crippen LogP contribution in [0.1, 0.15) is 0 Å². The van der Waals surface area contributed by atoms with E-state index in [1.165, 1.54) is 6.07 Å². The van der Waals surface area contributed by atoms with Gasteiger partial charge in [0.15, 0.2) is 0 Å². The predicted octanol–water partition coefficient (Wildman–Crippen LogP) is 1.77. The lowest BCUT2D eigenvalue weighted by molar-refractivity contribution is -0.0500. The molecule has 11 heteroatoms. The fourth-order valence-corrected chi connectivity index (χ4v) is 1.46. The van der Waals surface area contributed by atoms with Gasteiger partial charge in [0.05, 0.1) is 0 Å². The Morgan fingerprint density at radius 3 is 2.50 bits per heavy atom. The number of carbonyl (C=O) groups excluding carboxylic acids is 1. The van der Waals surface area contributed by atoms with Crippen molar-refractivity contribution in [2.24, 2.45) is 0 Å². The number of nitrogens with zero attached hydrogens (tertiary/aromatic N) is 1. The second kappa shape index (κ2) is 5.54. The van der Waals surface area contributed by atoms with Gasteiger partial charge in [0.2, 0.25) is 0 Å². The lowest BCUT2D eigenvalue weighted by Crippen LogP contribution is -2.28. The van der Waals surface area contributed by atoms with Crippen LogP contribution >= 0.6 is 0 Å². The molecule has 0 heterocycles. The third kappa shape index (κ3) is 3.99. The van der Waals surface area contributed by atoms with Gasteiger partial charge in [-0.25, -0.2) is 9.86 Å². The molecule has 2 N–H and O–H groups in total. The number of anilines is 1. The average molecular weight is 314 g/mol. The minimum Gasteiger partial charge on any atom is -0.376 e. The van der Waals surface area contributed by atoms with Crippen LogP contribution in [-0.2, 0) is 10.1 Å². The summed E-state index contributed by atoms with van der Waals surface area (Å²) in [6, 6.07) is 3.26. The summed E-state index contributed by atoms with van der Waals surface area (Å²) in [5.74, 6) is -0.638. The summed E-state index contributed by atoms with van der Waals surface area (Å²) in [6.45, 7) is 0. The Labute approximate surface area is 111 Å². The zero-order chi connectivity index (χ0) is 15.6. The number of hydrogen-bond acceptors (Lipinski definition) is 5. The molecule has 0 aliphatic rings. The van der Waals surface area contributed by atoms with Gasteiger partial charge in [-0.2, -0.15) is 21.6 Å². The highest BCUT2D eigenvalue weighted by Gasteiger charge is 2.48. The van der Waals surface area contributed by atoms with Gasteiger partial charge in [0.25, 0.3) is 0 Å². The summed E-state index contributed by atoms with van der Waals surface area (Å²) in [7, 11) is -4.77. The van der Waals surface area contributed by atoms with Gasteiger partial charge in [0, 0.05) is 18.8 Å². The molecule has 0 aliphatic heterocycles. The highest BCUT2D eigenvalue weighted by Crippen LogP contribution is 2.28. The summed E-state index contributed by atoms with van der Waals surface area (Å²) in [5.41, 5.74) is -5.62. The number of hydroxylamine groups is 2. The molecule has 0 aromatic heterocycles. The van der Waals surface area contributed by atoms with E-state index >= 15 is 0 Å². The second-order valence-corrected chi connectivity index (χ2v) is 5.00. The topological polar surface area (TPSA) is 95.9 Å². The smallest absolute Gasteiger partial charge is 0.376 e. The van der Waals surface area contributed by atoms with E-state index in [0.29, 0.717) is 0 Å². The molecule has 0 radical (unpaired) electrons. The fourth-order valence-electron chi connectivity index (χ4n) is 1.00. The van der Waals surface area contributed by atoms with E-state index in [2.05, 4.69) is 9.50 Å². The van der Waals surface area contributed by atoms with Crippen molar-refractivity contribution < 1.29 is 35.8 Å². The largest absolute Gasteiger partial charge is 0.534 e. The van der Waals surface area contributed by atoms with Crippen molar-refractivity contribution in [1.82, 2.24) is 5.06 Å². The average Bonchev–Trinajstić information content (AvgIpc) is 2.26. The molecule has 0 aliphatic carbocycles. The van der Waals surface area contributed by atoms with Crippen molar-refractivity contribution in [3.05, 3.63) is 24.3 Å². The molecule has 20 heavy (non-hydrogen) atoms. The fraction of sp³-hybridized carbons (Fsp3) is 0.222. The molecule has 0 unspecified atom stereocenters. The van der Waals surface area contributed by atoms with E-state index in [1.54, 1.807) is 0 Å². The Morgan fingerprint density at radius 1 is 1.40 bits per heavy atom. The van der Waals surface area contributed by atoms with E-state index in [9.17, 15) is 26.4 Å². The summed E-state index contributed by atoms with van der Waals surface area (Å²) in [5, 5.41) is 11.1. The van der Waals surface area contributed by atoms with Gasteiger partial charge in [0.1, 0.15) is 5.75 Å². The molecular weight excluding hydrogens is 305 g/mol. The van der Waals surface area contributed by atoms with Crippen LogP contribution in [0.2, 0.25) is 0 Å². The predicted molar refractivity (Wildman–Crippen MR) is 60.6 cm³/mol. The zero-order valence-corrected chi connectivity index (χ0v) is 10.7. The summed E-state index contributed by atoms with van der Waals surface area (Å²) in [4.78, 5) is 11.1. The molecule has 2 amide bonds. The SMILES string of the molecule is CN(O)C(=O)Nc1cccc(OS(=O)(=O)C(F)(F)F)c1. The number of hydrogen-bond donors (Lipinski definition) is 2. The van der Waals surface area contributed by atoms with Crippen LogP contribution in [0.4, 0.5) is 23.7 Å². The first kappa shape index (κ1) is 16.0. The van der Waals surface area contributed by atoms with Crippen molar-refractivity contribution in [3.8, 4) is 5.75 Å². The first-order valence-electron chi connectivity index (χ1n) is 4.87. The van der Waals surface area contributed by atoms with Crippen LogP contribution in [0, 0.1) is 0 Å². The number of halogens is 3. The minimum absolute atomic E-state index is 0.0641. The molecule has 1 aromatic rings. The zero-order valence-electron chi connectivity index (χ0n) is 9.88. The van der Waals surface area contributed by atoms with Crippen LogP contribution in [0.25, 0.3) is 0 Å². The Hall–Kier alpha value is -2.01. The van der Waals surface area contributed by atoms with Gasteiger partial charge >= 0.3 is 21.7 Å². The molecule has 0 saturated heterocycles. The van der Waals surface area contributed by atoms with Crippen LogP contribution < -0.4 is 9.50 Å². The van der Waals surface area contributed by atoms with E-state index in [0.717, 1.165) is 25.2 Å². The highest BCUT2D eigenvalue weighted by atomic mass is 32.2. The molecule has 0 fully saturated rings. The number of rotatable bonds is 3.